The molecule has 0 aliphatic carbocycles. The highest BCUT2D eigenvalue weighted by Crippen LogP contribution is 2.25. The molecule has 31 heavy (non-hydrogen) atoms. The summed E-state index contributed by atoms with van der Waals surface area (Å²) in [6.07, 6.45) is 5.62. The first-order valence-electron chi connectivity index (χ1n) is 10.9. The van der Waals surface area contributed by atoms with E-state index in [1.807, 2.05) is 37.3 Å². The molecule has 1 aliphatic heterocycles. The van der Waals surface area contributed by atoms with Gasteiger partial charge < -0.3 is 9.64 Å². The molecule has 1 fully saturated rings. The smallest absolute Gasteiger partial charge is 0.257 e. The summed E-state index contributed by atoms with van der Waals surface area (Å²) in [4.78, 5) is 15.0. The van der Waals surface area contributed by atoms with Crippen LogP contribution >= 0.6 is 0 Å². The molecule has 6 nitrogen and oxygen atoms in total. The largest absolute Gasteiger partial charge is 0.496 e. The first kappa shape index (κ1) is 23.3. The summed E-state index contributed by atoms with van der Waals surface area (Å²) in [5.74, 6) is 0.221. The van der Waals surface area contributed by atoms with E-state index in [0.717, 1.165) is 32.1 Å². The number of benzene rings is 2. The number of sulfonamides is 1. The van der Waals surface area contributed by atoms with Gasteiger partial charge in [0.05, 0.1) is 17.6 Å². The molecule has 0 unspecified atom stereocenters. The summed E-state index contributed by atoms with van der Waals surface area (Å²) in [6.45, 7) is 3.23. The van der Waals surface area contributed by atoms with Crippen LogP contribution in [0.1, 0.15) is 54.9 Å². The van der Waals surface area contributed by atoms with Gasteiger partial charge in [0.15, 0.2) is 0 Å². The molecule has 0 radical (unpaired) electrons. The number of hydrogen-bond donors (Lipinski definition) is 1. The van der Waals surface area contributed by atoms with E-state index in [0.29, 0.717) is 30.8 Å². The van der Waals surface area contributed by atoms with Crippen molar-refractivity contribution >= 4 is 15.9 Å². The molecule has 3 rings (SSSR count). The Hall–Kier alpha value is -2.38. The number of nitrogens with one attached hydrogen (secondary N) is 1. The van der Waals surface area contributed by atoms with E-state index < -0.39 is 10.0 Å². The summed E-state index contributed by atoms with van der Waals surface area (Å²) in [6, 6.07) is 14.2. The normalized spacial score (nSPS) is 15.9. The third-order valence-electron chi connectivity index (χ3n) is 5.67. The fraction of sp³-hybridized carbons (Fsp3) is 0.458. The van der Waals surface area contributed by atoms with E-state index in [2.05, 4.69) is 4.72 Å². The van der Waals surface area contributed by atoms with E-state index in [9.17, 15) is 13.2 Å². The number of hydrogen-bond acceptors (Lipinski definition) is 4. The summed E-state index contributed by atoms with van der Waals surface area (Å²) >= 11 is 0. The molecule has 1 N–H and O–H groups in total. The third-order valence-corrected chi connectivity index (χ3v) is 7.26. The number of carbonyl (C=O) groups excluding carboxylic acids is 1. The fourth-order valence-electron chi connectivity index (χ4n) is 3.89. The van der Waals surface area contributed by atoms with Gasteiger partial charge in [0.25, 0.3) is 5.91 Å². The minimum atomic E-state index is -3.76. The number of aryl methyl sites for hydroxylation is 1. The lowest BCUT2D eigenvalue weighted by molar-refractivity contribution is 0.0758. The maximum absolute atomic E-state index is 13.1. The molecule has 2 aromatic rings. The van der Waals surface area contributed by atoms with Crippen LogP contribution in [0.4, 0.5) is 0 Å². The molecule has 0 spiro atoms. The van der Waals surface area contributed by atoms with Gasteiger partial charge in [-0.2, -0.15) is 0 Å². The molecule has 0 bridgehead atoms. The molecule has 168 valence electrons. The highest BCUT2D eigenvalue weighted by Gasteiger charge is 2.25. The molecule has 1 atom stereocenters. The summed E-state index contributed by atoms with van der Waals surface area (Å²) in [5, 5.41) is 0. The predicted octanol–water partition coefficient (Wildman–Crippen LogP) is 4.01. The molecule has 1 amide bonds. The Balaban J connectivity index is 1.74. The van der Waals surface area contributed by atoms with Gasteiger partial charge in [0.1, 0.15) is 5.75 Å². The van der Waals surface area contributed by atoms with Crippen LogP contribution in [0.25, 0.3) is 0 Å². The molecular formula is C24H32N2O4S. The van der Waals surface area contributed by atoms with Gasteiger partial charge in [-0.05, 0) is 56.4 Å². The lowest BCUT2D eigenvalue weighted by Crippen LogP contribution is -2.34. The molecule has 7 heteroatoms. The van der Waals surface area contributed by atoms with E-state index in [1.54, 1.807) is 11.0 Å². The van der Waals surface area contributed by atoms with Gasteiger partial charge >= 0.3 is 0 Å². The average Bonchev–Trinajstić information content (AvgIpc) is 3.07. The summed E-state index contributed by atoms with van der Waals surface area (Å²) < 4.78 is 34.1. The average molecular weight is 445 g/mol. The van der Waals surface area contributed by atoms with Crippen molar-refractivity contribution < 1.29 is 17.9 Å². The molecular weight excluding hydrogens is 412 g/mol. The number of likely N-dealkylation sites (tertiary alicyclic amines) is 1. The molecule has 0 aromatic heterocycles. The number of methoxy groups -OCH3 is 1. The van der Waals surface area contributed by atoms with E-state index in [4.69, 9.17) is 4.74 Å². The maximum atomic E-state index is 13.1. The third kappa shape index (κ3) is 6.31. The first-order valence-corrected chi connectivity index (χ1v) is 12.4. The lowest BCUT2D eigenvalue weighted by atomic mass is 10.1. The van der Waals surface area contributed by atoms with E-state index >= 15 is 0 Å². The van der Waals surface area contributed by atoms with Crippen molar-refractivity contribution in [2.75, 3.05) is 20.2 Å². The Morgan fingerprint density at radius 3 is 2.39 bits per heavy atom. The van der Waals surface area contributed by atoms with Crippen molar-refractivity contribution in [3.63, 3.8) is 0 Å². The van der Waals surface area contributed by atoms with E-state index in [1.165, 1.54) is 24.8 Å². The topological polar surface area (TPSA) is 75.7 Å². The maximum Gasteiger partial charge on any atom is 0.257 e. The van der Waals surface area contributed by atoms with Crippen molar-refractivity contribution in [2.45, 2.75) is 56.4 Å². The van der Waals surface area contributed by atoms with Crippen LogP contribution in [0.15, 0.2) is 53.4 Å². The van der Waals surface area contributed by atoms with Crippen molar-refractivity contribution in [3.05, 3.63) is 59.7 Å². The van der Waals surface area contributed by atoms with Crippen LogP contribution in [0, 0.1) is 0 Å². The minimum Gasteiger partial charge on any atom is -0.496 e. The number of carbonyl (C=O) groups is 1. The number of rotatable bonds is 8. The second-order valence-electron chi connectivity index (χ2n) is 8.12. The van der Waals surface area contributed by atoms with Crippen molar-refractivity contribution in [2.24, 2.45) is 0 Å². The zero-order valence-corrected chi connectivity index (χ0v) is 19.2. The summed E-state index contributed by atoms with van der Waals surface area (Å²) in [5.41, 5.74) is 1.47. The van der Waals surface area contributed by atoms with Crippen molar-refractivity contribution in [3.8, 4) is 5.75 Å². The van der Waals surface area contributed by atoms with Crippen LogP contribution in [0.2, 0.25) is 0 Å². The van der Waals surface area contributed by atoms with Gasteiger partial charge in [-0.15, -0.1) is 0 Å². The zero-order chi connectivity index (χ0) is 22.3. The molecule has 0 saturated carbocycles. The Morgan fingerprint density at radius 1 is 1.06 bits per heavy atom. The monoisotopic (exact) mass is 444 g/mol. The van der Waals surface area contributed by atoms with E-state index in [-0.39, 0.29) is 16.8 Å². The Bertz CT molecular complexity index is 968. The number of ether oxygens (including phenoxy) is 1. The summed E-state index contributed by atoms with van der Waals surface area (Å²) in [7, 11) is -2.27. The quantitative estimate of drug-likeness (QED) is 0.667. The molecule has 1 saturated heterocycles. The van der Waals surface area contributed by atoms with Crippen LogP contribution in [0.3, 0.4) is 0 Å². The first-order chi connectivity index (χ1) is 14.9. The Kier molecular flexibility index (Phi) is 8.09. The molecule has 2 aromatic carbocycles. The van der Waals surface area contributed by atoms with Crippen LogP contribution in [0.5, 0.6) is 5.75 Å². The standard InChI is InChI=1S/C24H32N2O4S/c1-19(12-13-20-10-6-5-7-11-20)25-31(28,29)21-14-15-23(30-2)22(18-21)24(27)26-16-8-3-4-9-17-26/h5-7,10-11,14-15,18-19,25H,3-4,8-9,12-13,16-17H2,1-2H3/t19-/m1/s1. The van der Waals surface area contributed by atoms with Crippen molar-refractivity contribution in [1.82, 2.24) is 9.62 Å². The van der Waals surface area contributed by atoms with Crippen LogP contribution < -0.4 is 9.46 Å². The zero-order valence-electron chi connectivity index (χ0n) is 18.3. The van der Waals surface area contributed by atoms with Gasteiger partial charge in [-0.3, -0.25) is 4.79 Å². The van der Waals surface area contributed by atoms with Crippen LogP contribution in [-0.2, 0) is 16.4 Å². The predicted molar refractivity (Wildman–Crippen MR) is 122 cm³/mol. The van der Waals surface area contributed by atoms with Gasteiger partial charge in [-0.25, -0.2) is 13.1 Å². The second kappa shape index (κ2) is 10.8. The highest BCUT2D eigenvalue weighted by atomic mass is 32.2. The SMILES string of the molecule is COc1ccc(S(=O)(=O)N[C@H](C)CCc2ccccc2)cc1C(=O)N1CCCCCC1. The highest BCUT2D eigenvalue weighted by molar-refractivity contribution is 7.89. The van der Waals surface area contributed by atoms with Gasteiger partial charge in [0, 0.05) is 19.1 Å². The van der Waals surface area contributed by atoms with Gasteiger partial charge in [0.2, 0.25) is 10.0 Å². The molecule has 1 aliphatic rings. The van der Waals surface area contributed by atoms with Crippen LogP contribution in [-0.4, -0.2) is 45.5 Å². The Morgan fingerprint density at radius 2 is 1.74 bits per heavy atom. The van der Waals surface area contributed by atoms with Crippen molar-refractivity contribution in [1.29, 1.82) is 0 Å². The van der Waals surface area contributed by atoms with Gasteiger partial charge in [-0.1, -0.05) is 43.2 Å². The fourth-order valence-corrected chi connectivity index (χ4v) is 5.19. The minimum absolute atomic E-state index is 0.0815. The Labute approximate surface area is 185 Å². The number of nitrogens with zero attached hydrogens (tertiary/aromatic N) is 1. The number of amides is 1. The lowest BCUT2D eigenvalue weighted by Gasteiger charge is -2.22. The second-order valence-corrected chi connectivity index (χ2v) is 9.83. The molecule has 1 heterocycles.